The Bertz CT molecular complexity index is 326. The van der Waals surface area contributed by atoms with Gasteiger partial charge in [-0.2, -0.15) is 0 Å². The van der Waals surface area contributed by atoms with Crippen LogP contribution in [0, 0.1) is 0 Å². The lowest BCUT2D eigenvalue weighted by Gasteiger charge is -2.01. The fraction of sp³-hybridized carbons (Fsp3) is 0.300. The minimum Gasteiger partial charge on any atom is -0.379 e. The van der Waals surface area contributed by atoms with Gasteiger partial charge in [0.05, 0.1) is 0 Å². The van der Waals surface area contributed by atoms with Crippen LogP contribution in [-0.2, 0) is 5.75 Å². The predicted molar refractivity (Wildman–Crippen MR) is 64.9 cm³/mol. The van der Waals surface area contributed by atoms with Crippen LogP contribution in [0.5, 0.6) is 0 Å². The molecule has 0 aromatic heterocycles. The Hall–Kier alpha value is -0.670. The predicted octanol–water partition coefficient (Wildman–Crippen LogP) is 2.91. The molecule has 0 heterocycles. The zero-order valence-corrected chi connectivity index (χ0v) is 9.61. The van der Waals surface area contributed by atoms with E-state index < -0.39 is 0 Å². The van der Waals surface area contributed by atoms with Crippen molar-refractivity contribution in [2.45, 2.75) is 12.7 Å². The molecule has 0 amide bonds. The number of amidine groups is 1. The molecule has 0 bridgehead atoms. The number of halogens is 1. The maximum atomic E-state index is 5.85. The first-order valence-corrected chi connectivity index (χ1v) is 5.76. The zero-order valence-electron chi connectivity index (χ0n) is 8.03. The molecular weight excluding hydrogens is 216 g/mol. The summed E-state index contributed by atoms with van der Waals surface area (Å²) >= 11 is 7.38. The third-order valence-corrected chi connectivity index (χ3v) is 2.73. The number of nitrogens with two attached hydrogens (primary N) is 1. The quantitative estimate of drug-likeness (QED) is 0.638. The largest absolute Gasteiger partial charge is 0.379 e. The molecule has 4 heteroatoms. The maximum absolute atomic E-state index is 5.85. The highest BCUT2D eigenvalue weighted by atomic mass is 35.5. The minimum atomic E-state index is 0.632. The second kappa shape index (κ2) is 5.94. The van der Waals surface area contributed by atoms with Crippen molar-refractivity contribution < 1.29 is 0 Å². The van der Waals surface area contributed by atoms with Gasteiger partial charge >= 0.3 is 0 Å². The molecule has 0 spiro atoms. The van der Waals surface area contributed by atoms with Gasteiger partial charge in [0.15, 0.2) is 5.17 Å². The molecule has 2 N–H and O–H groups in total. The summed E-state index contributed by atoms with van der Waals surface area (Å²) in [6, 6.07) is 7.76. The molecule has 0 atom stereocenters. The number of benzene rings is 1. The number of rotatable bonds is 3. The highest BCUT2D eigenvalue weighted by Gasteiger charge is 1.97. The third kappa shape index (κ3) is 4.03. The number of hydrogen-bond donors (Lipinski definition) is 1. The molecule has 0 aliphatic rings. The summed E-state index contributed by atoms with van der Waals surface area (Å²) in [4.78, 5) is 4.09. The van der Waals surface area contributed by atoms with Crippen LogP contribution in [0.2, 0.25) is 5.02 Å². The van der Waals surface area contributed by atoms with Gasteiger partial charge in [-0.1, -0.05) is 35.5 Å². The van der Waals surface area contributed by atoms with E-state index in [1.165, 1.54) is 11.8 Å². The second-order valence-corrected chi connectivity index (χ2v) is 4.16. The number of hydrogen-bond acceptors (Lipinski definition) is 2. The van der Waals surface area contributed by atoms with Crippen LogP contribution >= 0.6 is 23.4 Å². The Labute approximate surface area is 93.6 Å². The molecule has 2 nitrogen and oxygen atoms in total. The van der Waals surface area contributed by atoms with Crippen LogP contribution in [0.15, 0.2) is 29.3 Å². The maximum Gasteiger partial charge on any atom is 0.154 e. The van der Waals surface area contributed by atoms with E-state index in [2.05, 4.69) is 4.99 Å². The van der Waals surface area contributed by atoms with E-state index in [-0.39, 0.29) is 0 Å². The molecule has 0 saturated carbocycles. The van der Waals surface area contributed by atoms with E-state index in [0.29, 0.717) is 5.17 Å². The average molecular weight is 229 g/mol. The van der Waals surface area contributed by atoms with Gasteiger partial charge in [0.1, 0.15) is 0 Å². The van der Waals surface area contributed by atoms with Crippen LogP contribution in [0.25, 0.3) is 0 Å². The van der Waals surface area contributed by atoms with E-state index in [9.17, 15) is 0 Å². The van der Waals surface area contributed by atoms with E-state index in [1.54, 1.807) is 0 Å². The SMILES string of the molecule is CCN=C(N)SCc1cccc(Cl)c1. The number of thioether (sulfide) groups is 1. The van der Waals surface area contributed by atoms with Gasteiger partial charge in [-0.3, -0.25) is 4.99 Å². The summed E-state index contributed by atoms with van der Waals surface area (Å²) in [5.41, 5.74) is 6.81. The molecule has 14 heavy (non-hydrogen) atoms. The van der Waals surface area contributed by atoms with Gasteiger partial charge in [0.25, 0.3) is 0 Å². The second-order valence-electron chi connectivity index (χ2n) is 2.73. The first-order chi connectivity index (χ1) is 6.72. The molecule has 1 rings (SSSR count). The van der Waals surface area contributed by atoms with Crippen molar-refractivity contribution in [3.05, 3.63) is 34.9 Å². The van der Waals surface area contributed by atoms with E-state index >= 15 is 0 Å². The summed E-state index contributed by atoms with van der Waals surface area (Å²) in [6.45, 7) is 2.70. The van der Waals surface area contributed by atoms with Gasteiger partial charge in [0, 0.05) is 17.3 Å². The Balaban J connectivity index is 2.49. The van der Waals surface area contributed by atoms with Crippen LogP contribution < -0.4 is 5.73 Å². The third-order valence-electron chi connectivity index (χ3n) is 1.59. The summed E-state index contributed by atoms with van der Waals surface area (Å²) in [5.74, 6) is 0.815. The first kappa shape index (κ1) is 11.4. The van der Waals surface area contributed by atoms with Gasteiger partial charge in [0.2, 0.25) is 0 Å². The van der Waals surface area contributed by atoms with E-state index in [4.69, 9.17) is 17.3 Å². The summed E-state index contributed by atoms with van der Waals surface area (Å²) < 4.78 is 0. The normalized spacial score (nSPS) is 11.7. The van der Waals surface area contributed by atoms with Gasteiger partial charge < -0.3 is 5.73 Å². The van der Waals surface area contributed by atoms with Crippen molar-refractivity contribution in [1.29, 1.82) is 0 Å². The van der Waals surface area contributed by atoms with Gasteiger partial charge in [-0.05, 0) is 24.6 Å². The minimum absolute atomic E-state index is 0.632. The summed E-state index contributed by atoms with van der Waals surface area (Å²) in [6.07, 6.45) is 0. The molecule has 1 aromatic rings. The smallest absolute Gasteiger partial charge is 0.154 e. The van der Waals surface area contributed by atoms with Crippen molar-refractivity contribution in [3.63, 3.8) is 0 Å². The van der Waals surface area contributed by atoms with Crippen LogP contribution in [0.3, 0.4) is 0 Å². The van der Waals surface area contributed by atoms with Crippen LogP contribution in [0.4, 0.5) is 0 Å². The van der Waals surface area contributed by atoms with Crippen molar-refractivity contribution in [2.24, 2.45) is 10.7 Å². The molecule has 0 aliphatic carbocycles. The Morgan fingerprint density at radius 1 is 1.57 bits per heavy atom. The molecule has 0 aliphatic heterocycles. The highest BCUT2D eigenvalue weighted by molar-refractivity contribution is 8.13. The fourth-order valence-electron chi connectivity index (χ4n) is 0.986. The highest BCUT2D eigenvalue weighted by Crippen LogP contribution is 2.16. The standard InChI is InChI=1S/C10H13ClN2S/c1-2-13-10(12)14-7-8-4-3-5-9(11)6-8/h3-6H,2,7H2,1H3,(H2,12,13). The lowest BCUT2D eigenvalue weighted by atomic mass is 10.2. The van der Waals surface area contributed by atoms with Crippen LogP contribution in [-0.4, -0.2) is 11.7 Å². The molecule has 0 radical (unpaired) electrons. The topological polar surface area (TPSA) is 38.4 Å². The summed E-state index contributed by atoms with van der Waals surface area (Å²) in [5, 5.41) is 1.39. The Morgan fingerprint density at radius 3 is 3.00 bits per heavy atom. The van der Waals surface area contributed by atoms with Gasteiger partial charge in [-0.25, -0.2) is 0 Å². The molecule has 1 aromatic carbocycles. The molecule has 0 saturated heterocycles. The molecule has 0 unspecified atom stereocenters. The van der Waals surface area contributed by atoms with E-state index in [1.807, 2.05) is 31.2 Å². The molecule has 0 fully saturated rings. The lowest BCUT2D eigenvalue weighted by molar-refractivity contribution is 1.13. The van der Waals surface area contributed by atoms with Crippen molar-refractivity contribution in [2.75, 3.05) is 6.54 Å². The first-order valence-electron chi connectivity index (χ1n) is 4.39. The van der Waals surface area contributed by atoms with Crippen molar-refractivity contribution in [3.8, 4) is 0 Å². The van der Waals surface area contributed by atoms with Crippen LogP contribution in [0.1, 0.15) is 12.5 Å². The molecular formula is C10H13ClN2S. The number of nitrogens with zero attached hydrogens (tertiary/aromatic N) is 1. The monoisotopic (exact) mass is 228 g/mol. The van der Waals surface area contributed by atoms with Gasteiger partial charge in [-0.15, -0.1) is 0 Å². The van der Waals surface area contributed by atoms with Crippen molar-refractivity contribution >= 4 is 28.5 Å². The molecule has 76 valence electrons. The lowest BCUT2D eigenvalue weighted by Crippen LogP contribution is -2.07. The number of aliphatic imine (C=N–C) groups is 1. The van der Waals surface area contributed by atoms with Crippen molar-refractivity contribution in [1.82, 2.24) is 0 Å². The zero-order chi connectivity index (χ0) is 10.4. The fourth-order valence-corrected chi connectivity index (χ4v) is 1.91. The summed E-state index contributed by atoms with van der Waals surface area (Å²) in [7, 11) is 0. The average Bonchev–Trinajstić information content (AvgIpc) is 2.15. The Morgan fingerprint density at radius 2 is 2.36 bits per heavy atom. The Kier molecular flexibility index (Phi) is 4.84. The van der Waals surface area contributed by atoms with E-state index in [0.717, 1.165) is 22.9 Å².